The molecule has 80 valence electrons. The molecular weight excluding hydrogens is 194 g/mol. The Bertz CT molecular complexity index is 270. The molecule has 1 heterocycles. The third-order valence-corrected chi connectivity index (χ3v) is 3.37. The monoisotopic (exact) mass is 213 g/mol. The van der Waals surface area contributed by atoms with Gasteiger partial charge in [-0.1, -0.05) is 6.92 Å². The molecule has 0 aliphatic carbocycles. The van der Waals surface area contributed by atoms with Crippen molar-refractivity contribution in [1.82, 2.24) is 0 Å². The van der Waals surface area contributed by atoms with Gasteiger partial charge in [0, 0.05) is 9.75 Å². The van der Waals surface area contributed by atoms with Crippen molar-refractivity contribution in [2.24, 2.45) is 5.73 Å². The van der Waals surface area contributed by atoms with Crippen molar-refractivity contribution >= 4 is 11.3 Å². The molecule has 0 aliphatic rings. The van der Waals surface area contributed by atoms with Crippen LogP contribution in [0.4, 0.5) is 0 Å². The summed E-state index contributed by atoms with van der Waals surface area (Å²) in [6, 6.07) is 4.29. The molecule has 1 unspecified atom stereocenters. The van der Waals surface area contributed by atoms with Crippen molar-refractivity contribution in [3.8, 4) is 0 Å². The van der Waals surface area contributed by atoms with Gasteiger partial charge in [-0.2, -0.15) is 0 Å². The first-order chi connectivity index (χ1) is 6.63. The van der Waals surface area contributed by atoms with Crippen molar-refractivity contribution < 1.29 is 4.74 Å². The van der Waals surface area contributed by atoms with E-state index in [0.717, 1.165) is 6.42 Å². The van der Waals surface area contributed by atoms with Crippen LogP contribution >= 0.6 is 11.3 Å². The molecule has 0 saturated heterocycles. The highest BCUT2D eigenvalue weighted by Crippen LogP contribution is 2.22. The second-order valence-electron chi connectivity index (χ2n) is 3.65. The van der Waals surface area contributed by atoms with Gasteiger partial charge in [0.15, 0.2) is 0 Å². The van der Waals surface area contributed by atoms with E-state index in [0.29, 0.717) is 6.61 Å². The summed E-state index contributed by atoms with van der Waals surface area (Å²) in [6.45, 7) is 6.82. The van der Waals surface area contributed by atoms with E-state index in [-0.39, 0.29) is 12.1 Å². The molecule has 0 saturated carbocycles. The van der Waals surface area contributed by atoms with Gasteiger partial charge in [-0.15, -0.1) is 11.3 Å². The molecule has 1 atom stereocenters. The first kappa shape index (κ1) is 11.7. The number of thiophene rings is 1. The maximum atomic E-state index is 6.00. The second kappa shape index (κ2) is 5.49. The Labute approximate surface area is 90.1 Å². The lowest BCUT2D eigenvalue weighted by molar-refractivity contribution is 0.0688. The SMILES string of the molecule is CCc1ccc(C(N)COC(C)C)s1. The van der Waals surface area contributed by atoms with Crippen molar-refractivity contribution in [3.63, 3.8) is 0 Å². The maximum Gasteiger partial charge on any atom is 0.0670 e. The minimum atomic E-state index is 0.0303. The van der Waals surface area contributed by atoms with E-state index in [9.17, 15) is 0 Å². The van der Waals surface area contributed by atoms with E-state index in [2.05, 4.69) is 19.1 Å². The van der Waals surface area contributed by atoms with E-state index in [1.54, 1.807) is 11.3 Å². The van der Waals surface area contributed by atoms with Gasteiger partial charge >= 0.3 is 0 Å². The summed E-state index contributed by atoms with van der Waals surface area (Å²) in [4.78, 5) is 2.61. The number of aryl methyl sites for hydroxylation is 1. The van der Waals surface area contributed by atoms with E-state index < -0.39 is 0 Å². The summed E-state index contributed by atoms with van der Waals surface area (Å²) in [5.74, 6) is 0. The van der Waals surface area contributed by atoms with Gasteiger partial charge < -0.3 is 10.5 Å². The van der Waals surface area contributed by atoms with Crippen molar-refractivity contribution in [2.75, 3.05) is 6.61 Å². The Morgan fingerprint density at radius 3 is 2.64 bits per heavy atom. The fourth-order valence-electron chi connectivity index (χ4n) is 1.16. The predicted molar refractivity (Wildman–Crippen MR) is 61.7 cm³/mol. The minimum absolute atomic E-state index is 0.0303. The van der Waals surface area contributed by atoms with Crippen molar-refractivity contribution in [3.05, 3.63) is 21.9 Å². The van der Waals surface area contributed by atoms with Crippen LogP contribution in [0.5, 0.6) is 0 Å². The molecular formula is C11H19NOS. The summed E-state index contributed by atoms with van der Waals surface area (Å²) < 4.78 is 5.48. The normalized spacial score (nSPS) is 13.5. The predicted octanol–water partition coefficient (Wildman–Crippen LogP) is 2.74. The molecule has 0 spiro atoms. The molecule has 1 aromatic rings. The second-order valence-corrected chi connectivity index (χ2v) is 4.85. The van der Waals surface area contributed by atoms with Crippen LogP contribution in [0.3, 0.4) is 0 Å². The number of rotatable bonds is 5. The average Bonchev–Trinajstić information content (AvgIpc) is 2.62. The molecule has 1 aromatic heterocycles. The fourth-order valence-corrected chi connectivity index (χ4v) is 2.10. The average molecular weight is 213 g/mol. The van der Waals surface area contributed by atoms with Gasteiger partial charge in [0.05, 0.1) is 18.8 Å². The van der Waals surface area contributed by atoms with Crippen molar-refractivity contribution in [2.45, 2.75) is 39.3 Å². The maximum absolute atomic E-state index is 6.00. The lowest BCUT2D eigenvalue weighted by Gasteiger charge is -2.12. The zero-order chi connectivity index (χ0) is 10.6. The van der Waals surface area contributed by atoms with E-state index >= 15 is 0 Å². The highest BCUT2D eigenvalue weighted by atomic mass is 32.1. The molecule has 14 heavy (non-hydrogen) atoms. The summed E-state index contributed by atoms with van der Waals surface area (Å²) in [5.41, 5.74) is 6.00. The lowest BCUT2D eigenvalue weighted by atomic mass is 10.2. The minimum Gasteiger partial charge on any atom is -0.377 e. The Hall–Kier alpha value is -0.380. The molecule has 0 aromatic carbocycles. The Balaban J connectivity index is 2.47. The topological polar surface area (TPSA) is 35.2 Å². The van der Waals surface area contributed by atoms with E-state index in [1.165, 1.54) is 9.75 Å². The first-order valence-corrected chi connectivity index (χ1v) is 5.91. The molecule has 0 radical (unpaired) electrons. The summed E-state index contributed by atoms with van der Waals surface area (Å²) in [5, 5.41) is 0. The summed E-state index contributed by atoms with van der Waals surface area (Å²) in [7, 11) is 0. The molecule has 1 rings (SSSR count). The largest absolute Gasteiger partial charge is 0.377 e. The van der Waals surface area contributed by atoms with Crippen LogP contribution in [0, 0.1) is 0 Å². The standard InChI is InChI=1S/C11H19NOS/c1-4-9-5-6-11(14-9)10(12)7-13-8(2)3/h5-6,8,10H,4,7,12H2,1-3H3. The zero-order valence-corrected chi connectivity index (χ0v) is 9.93. The Kier molecular flexibility index (Phi) is 4.58. The Morgan fingerprint density at radius 1 is 1.43 bits per heavy atom. The van der Waals surface area contributed by atoms with E-state index in [1.807, 2.05) is 13.8 Å². The number of nitrogens with two attached hydrogens (primary N) is 1. The number of hydrogen-bond acceptors (Lipinski definition) is 3. The highest BCUT2D eigenvalue weighted by Gasteiger charge is 2.09. The summed E-state index contributed by atoms with van der Waals surface area (Å²) in [6.07, 6.45) is 1.34. The molecule has 3 heteroatoms. The first-order valence-electron chi connectivity index (χ1n) is 5.09. The smallest absolute Gasteiger partial charge is 0.0670 e. The van der Waals surface area contributed by atoms with E-state index in [4.69, 9.17) is 10.5 Å². The number of ether oxygens (including phenoxy) is 1. The van der Waals surface area contributed by atoms with Gasteiger partial charge in [0.25, 0.3) is 0 Å². The van der Waals surface area contributed by atoms with Crippen molar-refractivity contribution in [1.29, 1.82) is 0 Å². The van der Waals surface area contributed by atoms with Gasteiger partial charge in [-0.05, 0) is 32.4 Å². The van der Waals surface area contributed by atoms with Crippen LogP contribution in [0.1, 0.15) is 36.6 Å². The molecule has 0 aliphatic heterocycles. The Morgan fingerprint density at radius 2 is 2.14 bits per heavy atom. The molecule has 2 nitrogen and oxygen atoms in total. The number of hydrogen-bond donors (Lipinski definition) is 1. The fraction of sp³-hybridized carbons (Fsp3) is 0.636. The van der Waals surface area contributed by atoms with Crippen LogP contribution in [-0.4, -0.2) is 12.7 Å². The zero-order valence-electron chi connectivity index (χ0n) is 9.12. The van der Waals surface area contributed by atoms with Gasteiger partial charge in [0.2, 0.25) is 0 Å². The molecule has 0 amide bonds. The van der Waals surface area contributed by atoms with Gasteiger partial charge in [0.1, 0.15) is 0 Å². The van der Waals surface area contributed by atoms with Gasteiger partial charge in [-0.3, -0.25) is 0 Å². The third-order valence-electron chi connectivity index (χ3n) is 2.01. The molecule has 0 bridgehead atoms. The quantitative estimate of drug-likeness (QED) is 0.816. The molecule has 2 N–H and O–H groups in total. The van der Waals surface area contributed by atoms with Crippen LogP contribution in [0.2, 0.25) is 0 Å². The van der Waals surface area contributed by atoms with Crippen LogP contribution in [0.25, 0.3) is 0 Å². The summed E-state index contributed by atoms with van der Waals surface area (Å²) >= 11 is 1.79. The molecule has 0 fully saturated rings. The lowest BCUT2D eigenvalue weighted by Crippen LogP contribution is -2.18. The highest BCUT2D eigenvalue weighted by molar-refractivity contribution is 7.12. The van der Waals surface area contributed by atoms with Crippen LogP contribution in [-0.2, 0) is 11.2 Å². The van der Waals surface area contributed by atoms with Crippen LogP contribution in [0.15, 0.2) is 12.1 Å². The van der Waals surface area contributed by atoms with Gasteiger partial charge in [-0.25, -0.2) is 0 Å². The third kappa shape index (κ3) is 3.40. The van der Waals surface area contributed by atoms with Crippen LogP contribution < -0.4 is 5.73 Å².